The molecular weight excluding hydrogens is 276 g/mol. The van der Waals surface area contributed by atoms with Gasteiger partial charge in [-0.3, -0.25) is 5.41 Å². The van der Waals surface area contributed by atoms with Crippen molar-refractivity contribution in [2.45, 2.75) is 16.2 Å². The van der Waals surface area contributed by atoms with Gasteiger partial charge in [-0.2, -0.15) is 4.37 Å². The third kappa shape index (κ3) is 2.96. The van der Waals surface area contributed by atoms with Gasteiger partial charge in [0, 0.05) is 15.5 Å². The molecule has 1 aromatic heterocycles. The summed E-state index contributed by atoms with van der Waals surface area (Å²) >= 11 is 8.67. The number of amidine groups is 1. The van der Waals surface area contributed by atoms with E-state index in [1.165, 1.54) is 23.3 Å². The van der Waals surface area contributed by atoms with Crippen molar-refractivity contribution < 1.29 is 0 Å². The first kappa shape index (κ1) is 12.3. The summed E-state index contributed by atoms with van der Waals surface area (Å²) in [6.45, 7) is 1.84. The van der Waals surface area contributed by atoms with Crippen LogP contribution < -0.4 is 5.73 Å². The first-order chi connectivity index (χ1) is 8.06. The molecule has 3 N–H and O–H groups in total. The van der Waals surface area contributed by atoms with Gasteiger partial charge in [-0.15, -0.1) is 0 Å². The van der Waals surface area contributed by atoms with Gasteiger partial charge >= 0.3 is 0 Å². The predicted molar refractivity (Wildman–Crippen MR) is 71.2 cm³/mol. The molecule has 17 heavy (non-hydrogen) atoms. The summed E-state index contributed by atoms with van der Waals surface area (Å²) in [4.78, 5) is 5.07. The molecule has 0 aliphatic heterocycles. The quantitative estimate of drug-likeness (QED) is 0.671. The van der Waals surface area contributed by atoms with Crippen molar-refractivity contribution >= 4 is 40.7 Å². The summed E-state index contributed by atoms with van der Waals surface area (Å²) in [6.07, 6.45) is 0. The highest BCUT2D eigenvalue weighted by Crippen LogP contribution is 2.33. The summed E-state index contributed by atoms with van der Waals surface area (Å²) in [5, 5.41) is 8.12. The van der Waals surface area contributed by atoms with E-state index in [4.69, 9.17) is 22.7 Å². The van der Waals surface area contributed by atoms with Crippen molar-refractivity contribution in [1.82, 2.24) is 9.36 Å². The summed E-state index contributed by atoms with van der Waals surface area (Å²) in [6, 6.07) is 5.23. The molecule has 88 valence electrons. The number of aryl methyl sites for hydroxylation is 1. The van der Waals surface area contributed by atoms with Crippen LogP contribution in [-0.4, -0.2) is 15.2 Å². The van der Waals surface area contributed by atoms with Crippen LogP contribution in [0.15, 0.2) is 27.4 Å². The van der Waals surface area contributed by atoms with Crippen LogP contribution in [0.1, 0.15) is 11.4 Å². The van der Waals surface area contributed by atoms with Crippen molar-refractivity contribution in [3.8, 4) is 0 Å². The zero-order chi connectivity index (χ0) is 12.4. The SMILES string of the molecule is Cc1nsc(Sc2cc(Cl)ccc2C(=N)N)n1. The van der Waals surface area contributed by atoms with Gasteiger partial charge < -0.3 is 5.73 Å². The highest BCUT2D eigenvalue weighted by Gasteiger charge is 2.10. The molecule has 0 spiro atoms. The number of nitrogens with one attached hydrogen (secondary N) is 1. The molecule has 2 aromatic rings. The highest BCUT2D eigenvalue weighted by atomic mass is 35.5. The second-order valence-electron chi connectivity index (χ2n) is 3.26. The zero-order valence-electron chi connectivity index (χ0n) is 8.90. The van der Waals surface area contributed by atoms with Gasteiger partial charge in [0.25, 0.3) is 0 Å². The van der Waals surface area contributed by atoms with Crippen LogP contribution in [0, 0.1) is 12.3 Å². The van der Waals surface area contributed by atoms with Crippen molar-refractivity contribution in [3.63, 3.8) is 0 Å². The van der Waals surface area contributed by atoms with E-state index in [0.717, 1.165) is 15.1 Å². The lowest BCUT2D eigenvalue weighted by molar-refractivity contribution is 1.10. The first-order valence-electron chi connectivity index (χ1n) is 4.68. The van der Waals surface area contributed by atoms with Gasteiger partial charge in [0.1, 0.15) is 11.7 Å². The van der Waals surface area contributed by atoms with Gasteiger partial charge in [-0.25, -0.2) is 4.98 Å². The van der Waals surface area contributed by atoms with Crippen LogP contribution in [0.2, 0.25) is 5.02 Å². The molecular formula is C10H9ClN4S2. The number of halogens is 1. The van der Waals surface area contributed by atoms with Crippen molar-refractivity contribution in [2.75, 3.05) is 0 Å². The maximum absolute atomic E-state index is 7.51. The summed E-state index contributed by atoms with van der Waals surface area (Å²) in [5.74, 6) is 0.759. The Hall–Kier alpha value is -1.11. The third-order valence-electron chi connectivity index (χ3n) is 1.94. The Morgan fingerprint density at radius 1 is 1.53 bits per heavy atom. The van der Waals surface area contributed by atoms with Crippen LogP contribution in [0.3, 0.4) is 0 Å². The summed E-state index contributed by atoms with van der Waals surface area (Å²) < 4.78 is 4.91. The number of nitrogens with two attached hydrogens (primary N) is 1. The van der Waals surface area contributed by atoms with Gasteiger partial charge in [-0.1, -0.05) is 23.4 Å². The molecule has 0 unspecified atom stereocenters. The Labute approximate surface area is 112 Å². The molecule has 0 aliphatic carbocycles. The smallest absolute Gasteiger partial charge is 0.174 e. The molecule has 0 atom stereocenters. The Balaban J connectivity index is 2.37. The fourth-order valence-electron chi connectivity index (χ4n) is 1.22. The molecule has 1 heterocycles. The number of hydrogen-bond donors (Lipinski definition) is 2. The second-order valence-corrected chi connectivity index (χ2v) is 5.74. The Morgan fingerprint density at radius 3 is 2.88 bits per heavy atom. The second kappa shape index (κ2) is 5.03. The van der Waals surface area contributed by atoms with E-state index >= 15 is 0 Å². The molecule has 2 rings (SSSR count). The Kier molecular flexibility index (Phi) is 3.66. The fourth-order valence-corrected chi connectivity index (χ4v) is 3.25. The molecule has 1 aromatic carbocycles. The van der Waals surface area contributed by atoms with Crippen LogP contribution in [0.25, 0.3) is 0 Å². The normalized spacial score (nSPS) is 10.5. The highest BCUT2D eigenvalue weighted by molar-refractivity contribution is 8.01. The van der Waals surface area contributed by atoms with Crippen molar-refractivity contribution in [2.24, 2.45) is 5.73 Å². The average Bonchev–Trinajstić information content (AvgIpc) is 2.63. The van der Waals surface area contributed by atoms with Crippen LogP contribution in [0.4, 0.5) is 0 Å². The third-order valence-corrected chi connectivity index (χ3v) is 4.08. The molecule has 0 amide bonds. The average molecular weight is 285 g/mol. The van der Waals surface area contributed by atoms with Gasteiger partial charge in [-0.05, 0) is 36.7 Å². The minimum Gasteiger partial charge on any atom is -0.384 e. The molecule has 0 saturated heterocycles. The fraction of sp³-hybridized carbons (Fsp3) is 0.100. The molecule has 0 fully saturated rings. The maximum atomic E-state index is 7.51. The van der Waals surface area contributed by atoms with E-state index < -0.39 is 0 Å². The summed E-state index contributed by atoms with van der Waals surface area (Å²) in [5.41, 5.74) is 6.18. The van der Waals surface area contributed by atoms with E-state index in [1.54, 1.807) is 18.2 Å². The lowest BCUT2D eigenvalue weighted by atomic mass is 10.2. The van der Waals surface area contributed by atoms with Crippen molar-refractivity contribution in [1.29, 1.82) is 5.41 Å². The molecule has 0 saturated carbocycles. The molecule has 0 aliphatic rings. The molecule has 4 nitrogen and oxygen atoms in total. The predicted octanol–water partition coefficient (Wildman–Crippen LogP) is 2.94. The van der Waals surface area contributed by atoms with Crippen molar-refractivity contribution in [3.05, 3.63) is 34.6 Å². The van der Waals surface area contributed by atoms with Crippen LogP contribution >= 0.6 is 34.9 Å². The molecule has 7 heteroatoms. The van der Waals surface area contributed by atoms with Crippen LogP contribution in [0.5, 0.6) is 0 Å². The minimum atomic E-state index is 0.0189. The number of benzene rings is 1. The Bertz CT molecular complexity index is 567. The van der Waals surface area contributed by atoms with Crippen LogP contribution in [-0.2, 0) is 0 Å². The van der Waals surface area contributed by atoms with Gasteiger partial charge in [0.2, 0.25) is 0 Å². The summed E-state index contributed by atoms with van der Waals surface area (Å²) in [7, 11) is 0. The van der Waals surface area contributed by atoms with E-state index in [1.807, 2.05) is 6.92 Å². The number of nitrogens with zero attached hydrogens (tertiary/aromatic N) is 2. The topological polar surface area (TPSA) is 75.7 Å². The molecule has 0 radical (unpaired) electrons. The number of aromatic nitrogens is 2. The zero-order valence-corrected chi connectivity index (χ0v) is 11.3. The van der Waals surface area contributed by atoms with E-state index in [-0.39, 0.29) is 5.84 Å². The van der Waals surface area contributed by atoms with Gasteiger partial charge in [0.05, 0.1) is 0 Å². The maximum Gasteiger partial charge on any atom is 0.174 e. The largest absolute Gasteiger partial charge is 0.384 e. The number of hydrogen-bond acceptors (Lipinski definition) is 5. The minimum absolute atomic E-state index is 0.0189. The van der Waals surface area contributed by atoms with E-state index in [9.17, 15) is 0 Å². The van der Waals surface area contributed by atoms with Gasteiger partial charge in [0.15, 0.2) is 4.34 Å². The van der Waals surface area contributed by atoms with E-state index in [0.29, 0.717) is 10.6 Å². The molecule has 0 bridgehead atoms. The Morgan fingerprint density at radius 2 is 2.29 bits per heavy atom. The number of rotatable bonds is 3. The monoisotopic (exact) mass is 284 g/mol. The first-order valence-corrected chi connectivity index (χ1v) is 6.65. The lowest BCUT2D eigenvalue weighted by Crippen LogP contribution is -2.12. The van der Waals surface area contributed by atoms with E-state index in [2.05, 4.69) is 9.36 Å². The number of nitrogen functional groups attached to an aromatic ring is 1. The lowest BCUT2D eigenvalue weighted by Gasteiger charge is -2.06. The standard InChI is InChI=1S/C10H9ClN4S2/c1-5-14-10(17-15-5)16-8-4-6(11)2-3-7(8)9(12)13/h2-4H,1H3,(H3,12,13).